The van der Waals surface area contributed by atoms with E-state index < -0.39 is 24.5 Å². The van der Waals surface area contributed by atoms with Gasteiger partial charge in [-0.3, -0.25) is 14.9 Å². The van der Waals surface area contributed by atoms with Crippen molar-refractivity contribution in [1.82, 2.24) is 10.6 Å². The van der Waals surface area contributed by atoms with E-state index in [0.29, 0.717) is 0 Å². The van der Waals surface area contributed by atoms with Gasteiger partial charge in [-0.1, -0.05) is 24.6 Å². The molecule has 0 aliphatic heterocycles. The summed E-state index contributed by atoms with van der Waals surface area (Å²) in [7, 11) is 0. The maximum atomic E-state index is 11.7. The predicted molar refractivity (Wildman–Crippen MR) is 94.0 cm³/mol. The van der Waals surface area contributed by atoms with Crippen molar-refractivity contribution in [3.8, 4) is 0 Å². The summed E-state index contributed by atoms with van der Waals surface area (Å²) >= 11 is 1.36. The minimum Gasteiger partial charge on any atom is -0.455 e. The molecule has 0 saturated heterocycles. The number of carbonyl (C=O) groups excluding carboxylic acids is 3. The summed E-state index contributed by atoms with van der Waals surface area (Å²) in [6.45, 7) is 7.23. The Morgan fingerprint density at radius 3 is 2.62 bits per heavy atom. The Labute approximate surface area is 146 Å². The van der Waals surface area contributed by atoms with Crippen LogP contribution in [0.5, 0.6) is 0 Å². The molecule has 1 rings (SSSR count). The van der Waals surface area contributed by atoms with Crippen molar-refractivity contribution in [2.75, 3.05) is 12.4 Å². The zero-order chi connectivity index (χ0) is 18.1. The minimum atomic E-state index is -0.652. The van der Waals surface area contributed by atoms with E-state index in [1.807, 2.05) is 45.9 Å². The third-order valence-electron chi connectivity index (χ3n) is 3.30. The smallest absolute Gasteiger partial charge is 0.321 e. The Morgan fingerprint density at radius 2 is 1.96 bits per heavy atom. The van der Waals surface area contributed by atoms with Crippen LogP contribution in [0.15, 0.2) is 23.1 Å². The highest BCUT2D eigenvalue weighted by Crippen LogP contribution is 2.23. The molecule has 0 bridgehead atoms. The zero-order valence-corrected chi connectivity index (χ0v) is 15.3. The Bertz CT molecular complexity index is 604. The number of thioether (sulfide) groups is 1. The van der Waals surface area contributed by atoms with E-state index in [4.69, 9.17) is 4.74 Å². The van der Waals surface area contributed by atoms with Gasteiger partial charge in [-0.05, 0) is 38.8 Å². The van der Waals surface area contributed by atoms with Crippen LogP contribution in [0.1, 0.15) is 31.4 Å². The lowest BCUT2D eigenvalue weighted by molar-refractivity contribution is -0.145. The molecule has 0 spiro atoms. The van der Waals surface area contributed by atoms with Crippen LogP contribution in [0.3, 0.4) is 0 Å². The molecule has 0 radical (unpaired) electrons. The molecule has 0 aromatic heterocycles. The largest absolute Gasteiger partial charge is 0.455 e. The second-order valence-electron chi connectivity index (χ2n) is 5.55. The van der Waals surface area contributed by atoms with Crippen molar-refractivity contribution < 1.29 is 19.1 Å². The van der Waals surface area contributed by atoms with Gasteiger partial charge in [0.1, 0.15) is 0 Å². The van der Waals surface area contributed by atoms with Gasteiger partial charge in [0, 0.05) is 10.9 Å². The molecule has 132 valence electrons. The molecule has 1 atom stereocenters. The highest BCUT2D eigenvalue weighted by Gasteiger charge is 2.13. The fourth-order valence-corrected chi connectivity index (χ4v) is 2.63. The highest BCUT2D eigenvalue weighted by molar-refractivity contribution is 8.00. The molecule has 24 heavy (non-hydrogen) atoms. The van der Waals surface area contributed by atoms with E-state index in [0.717, 1.165) is 22.4 Å². The first-order valence-corrected chi connectivity index (χ1v) is 8.76. The molecule has 0 heterocycles. The molecule has 0 fully saturated rings. The topological polar surface area (TPSA) is 84.5 Å². The zero-order valence-electron chi connectivity index (χ0n) is 14.5. The summed E-state index contributed by atoms with van der Waals surface area (Å²) in [5.41, 5.74) is 2.20. The number of aryl methyl sites for hydroxylation is 2. The number of rotatable bonds is 7. The lowest BCUT2D eigenvalue weighted by atomic mass is 10.2. The van der Waals surface area contributed by atoms with Crippen molar-refractivity contribution in [2.24, 2.45) is 0 Å². The maximum Gasteiger partial charge on any atom is 0.321 e. The van der Waals surface area contributed by atoms with Crippen molar-refractivity contribution in [2.45, 2.75) is 45.1 Å². The number of urea groups is 1. The summed E-state index contributed by atoms with van der Waals surface area (Å²) in [5.74, 6) is -1.05. The third-order valence-corrected chi connectivity index (χ3v) is 4.43. The first-order chi connectivity index (χ1) is 11.3. The summed E-state index contributed by atoms with van der Waals surface area (Å²) in [5, 5.41) is 4.71. The van der Waals surface area contributed by atoms with Crippen molar-refractivity contribution >= 4 is 29.7 Å². The number of carbonyl (C=O) groups is 3. The summed E-state index contributed by atoms with van der Waals surface area (Å²) in [6, 6.07) is 5.38. The second kappa shape index (κ2) is 9.97. The van der Waals surface area contributed by atoms with Gasteiger partial charge in [-0.2, -0.15) is 0 Å². The fraction of sp³-hybridized carbons (Fsp3) is 0.471. The number of hydrogen-bond acceptors (Lipinski definition) is 5. The average molecular weight is 352 g/mol. The van der Waals surface area contributed by atoms with Crippen LogP contribution in [0.2, 0.25) is 0 Å². The average Bonchev–Trinajstić information content (AvgIpc) is 2.53. The Kier molecular flexibility index (Phi) is 8.32. The summed E-state index contributed by atoms with van der Waals surface area (Å²) in [6.07, 6.45) is 0.756. The first-order valence-electron chi connectivity index (χ1n) is 7.77. The van der Waals surface area contributed by atoms with Crippen LogP contribution in [-0.2, 0) is 14.3 Å². The number of hydrogen-bond donors (Lipinski definition) is 2. The number of amides is 3. The molecule has 1 aromatic carbocycles. The van der Waals surface area contributed by atoms with Gasteiger partial charge in [-0.25, -0.2) is 4.79 Å². The molecule has 1 aromatic rings. The van der Waals surface area contributed by atoms with Crippen LogP contribution in [0.25, 0.3) is 0 Å². The molecule has 0 unspecified atom stereocenters. The van der Waals surface area contributed by atoms with Crippen molar-refractivity contribution in [3.63, 3.8) is 0 Å². The normalized spacial score (nSPS) is 11.5. The second-order valence-corrected chi connectivity index (χ2v) is 6.57. The van der Waals surface area contributed by atoms with Gasteiger partial charge in [-0.15, -0.1) is 11.8 Å². The molecule has 2 N–H and O–H groups in total. The summed E-state index contributed by atoms with van der Waals surface area (Å²) < 4.78 is 4.88. The van der Waals surface area contributed by atoms with E-state index >= 15 is 0 Å². The lowest BCUT2D eigenvalue weighted by Gasteiger charge is -2.12. The number of esters is 1. The Balaban J connectivity index is 2.31. The lowest BCUT2D eigenvalue weighted by Crippen LogP contribution is -2.44. The minimum absolute atomic E-state index is 0.0330. The Morgan fingerprint density at radius 1 is 1.25 bits per heavy atom. The van der Waals surface area contributed by atoms with Crippen molar-refractivity contribution in [1.29, 1.82) is 0 Å². The van der Waals surface area contributed by atoms with E-state index in [2.05, 4.69) is 10.6 Å². The molecule has 0 aliphatic rings. The third kappa shape index (κ3) is 7.50. The van der Waals surface area contributed by atoms with E-state index in [1.54, 1.807) is 0 Å². The quantitative estimate of drug-likeness (QED) is 0.582. The van der Waals surface area contributed by atoms with Gasteiger partial charge in [0.2, 0.25) is 0 Å². The number of nitrogens with one attached hydrogen (secondary N) is 2. The predicted octanol–water partition coefficient (Wildman–Crippen LogP) is 2.56. The van der Waals surface area contributed by atoms with Crippen LogP contribution < -0.4 is 10.6 Å². The van der Waals surface area contributed by atoms with Gasteiger partial charge < -0.3 is 10.1 Å². The maximum absolute atomic E-state index is 11.7. The monoisotopic (exact) mass is 352 g/mol. The van der Waals surface area contributed by atoms with Crippen LogP contribution >= 0.6 is 11.8 Å². The van der Waals surface area contributed by atoms with Gasteiger partial charge in [0.05, 0.1) is 5.75 Å². The molecular formula is C17H24N2O4S. The Hall–Kier alpha value is -2.02. The summed E-state index contributed by atoms with van der Waals surface area (Å²) in [4.78, 5) is 35.7. The molecule has 3 amide bonds. The molecule has 7 heteroatoms. The van der Waals surface area contributed by atoms with Crippen LogP contribution in [-0.4, -0.2) is 36.3 Å². The van der Waals surface area contributed by atoms with Crippen molar-refractivity contribution in [3.05, 3.63) is 29.3 Å². The van der Waals surface area contributed by atoms with Crippen LogP contribution in [0.4, 0.5) is 4.79 Å². The van der Waals surface area contributed by atoms with E-state index in [9.17, 15) is 14.4 Å². The van der Waals surface area contributed by atoms with Crippen LogP contribution in [0, 0.1) is 13.8 Å². The van der Waals surface area contributed by atoms with Gasteiger partial charge in [0.15, 0.2) is 6.61 Å². The van der Waals surface area contributed by atoms with Gasteiger partial charge in [0.25, 0.3) is 5.91 Å². The number of benzene rings is 1. The standard InChI is InChI=1S/C17H24N2O4S/c1-5-13(4)18-17(22)19-15(20)9-23-16(21)10-24-14-8-11(2)6-7-12(14)3/h6-8,13H,5,9-10H2,1-4H3,(H2,18,19,20,22)/t13-/m0/s1. The van der Waals surface area contributed by atoms with E-state index in [1.165, 1.54) is 11.8 Å². The highest BCUT2D eigenvalue weighted by atomic mass is 32.2. The number of ether oxygens (including phenoxy) is 1. The molecule has 0 aliphatic carbocycles. The first kappa shape index (κ1) is 20.0. The van der Waals surface area contributed by atoms with E-state index in [-0.39, 0.29) is 11.8 Å². The SMILES string of the molecule is CC[C@H](C)NC(=O)NC(=O)COC(=O)CSc1cc(C)ccc1C. The fourth-order valence-electron chi connectivity index (χ4n) is 1.71. The molecule has 6 nitrogen and oxygen atoms in total. The molecule has 0 saturated carbocycles. The molecular weight excluding hydrogens is 328 g/mol. The number of imide groups is 1. The van der Waals surface area contributed by atoms with Gasteiger partial charge >= 0.3 is 12.0 Å².